The first-order chi connectivity index (χ1) is 15.5. The largest absolute Gasteiger partial charge is 0.497 e. The van der Waals surface area contributed by atoms with Crippen molar-refractivity contribution in [3.05, 3.63) is 70.0 Å². The second-order valence-electron chi connectivity index (χ2n) is 7.28. The summed E-state index contributed by atoms with van der Waals surface area (Å²) in [5.41, 5.74) is 4.20. The molecule has 0 saturated carbocycles. The molecule has 0 amide bonds. The lowest BCUT2D eigenvalue weighted by Gasteiger charge is -2.09. The van der Waals surface area contributed by atoms with Crippen LogP contribution in [0.2, 0.25) is 0 Å². The van der Waals surface area contributed by atoms with Gasteiger partial charge in [-0.2, -0.15) is 0 Å². The van der Waals surface area contributed by atoms with Crippen molar-refractivity contribution >= 4 is 34.0 Å². The Morgan fingerprint density at radius 3 is 2.53 bits per heavy atom. The fraction of sp³-hybridized carbons (Fsp3) is 0.200. The minimum atomic E-state index is -0.403. The van der Waals surface area contributed by atoms with Crippen molar-refractivity contribution in [2.24, 2.45) is 0 Å². The molecule has 4 rings (SSSR count). The molecule has 0 bridgehead atoms. The number of fused-ring (bicyclic) bond motifs is 1. The van der Waals surface area contributed by atoms with E-state index in [0.29, 0.717) is 18.5 Å². The van der Waals surface area contributed by atoms with Gasteiger partial charge in [-0.15, -0.1) is 11.3 Å². The van der Waals surface area contributed by atoms with Crippen LogP contribution in [0.3, 0.4) is 0 Å². The fourth-order valence-electron chi connectivity index (χ4n) is 3.60. The maximum Gasteiger partial charge on any atom is 0.354 e. The Morgan fingerprint density at radius 2 is 1.78 bits per heavy atom. The molecule has 2 heterocycles. The average Bonchev–Trinajstić information content (AvgIpc) is 3.49. The molecule has 0 aliphatic carbocycles. The molecule has 2 aromatic carbocycles. The highest BCUT2D eigenvalue weighted by molar-refractivity contribution is 7.12. The number of aromatic amines is 1. The van der Waals surface area contributed by atoms with Crippen LogP contribution in [0, 0.1) is 0 Å². The molecule has 0 atom stereocenters. The quantitative estimate of drug-likeness (QED) is 0.283. The van der Waals surface area contributed by atoms with Gasteiger partial charge in [-0.1, -0.05) is 12.1 Å². The summed E-state index contributed by atoms with van der Waals surface area (Å²) >= 11 is 1.44. The molecule has 0 spiro atoms. The molecule has 0 aliphatic heterocycles. The lowest BCUT2D eigenvalue weighted by atomic mass is 10.0. The normalized spacial score (nSPS) is 10.8. The lowest BCUT2D eigenvalue weighted by molar-refractivity contribution is 0.0595. The summed E-state index contributed by atoms with van der Waals surface area (Å²) in [6.07, 6.45) is 0.979. The van der Waals surface area contributed by atoms with Gasteiger partial charge in [-0.05, 0) is 58.8 Å². The van der Waals surface area contributed by atoms with E-state index in [0.717, 1.165) is 44.0 Å². The van der Waals surface area contributed by atoms with Crippen molar-refractivity contribution in [2.45, 2.75) is 12.8 Å². The molecule has 164 valence electrons. The number of hydrogen-bond acceptors (Lipinski definition) is 6. The van der Waals surface area contributed by atoms with Crippen LogP contribution in [0.25, 0.3) is 22.0 Å². The number of rotatable bonds is 8. The van der Waals surface area contributed by atoms with Crippen LogP contribution in [-0.2, 0) is 11.2 Å². The van der Waals surface area contributed by atoms with Gasteiger partial charge in [-0.3, -0.25) is 4.79 Å². The Morgan fingerprint density at radius 1 is 0.938 bits per heavy atom. The molecule has 2 aromatic heterocycles. The van der Waals surface area contributed by atoms with Gasteiger partial charge in [0.05, 0.1) is 26.2 Å². The van der Waals surface area contributed by atoms with Gasteiger partial charge < -0.3 is 19.2 Å². The molecule has 1 N–H and O–H groups in total. The molecular formula is C25H23NO5S. The third kappa shape index (κ3) is 4.38. The molecule has 32 heavy (non-hydrogen) atoms. The summed E-state index contributed by atoms with van der Waals surface area (Å²) in [5.74, 6) is 1.13. The molecule has 0 saturated heterocycles. The predicted molar refractivity (Wildman–Crippen MR) is 125 cm³/mol. The van der Waals surface area contributed by atoms with Gasteiger partial charge in [0.2, 0.25) is 0 Å². The highest BCUT2D eigenvalue weighted by Crippen LogP contribution is 2.31. The van der Waals surface area contributed by atoms with Gasteiger partial charge in [0.25, 0.3) is 0 Å². The van der Waals surface area contributed by atoms with Gasteiger partial charge in [-0.25, -0.2) is 4.79 Å². The number of esters is 1. The smallest absolute Gasteiger partial charge is 0.354 e. The summed E-state index contributed by atoms with van der Waals surface area (Å²) in [5, 5.41) is 2.89. The highest BCUT2D eigenvalue weighted by atomic mass is 32.1. The monoisotopic (exact) mass is 449 g/mol. The number of aromatic nitrogens is 1. The van der Waals surface area contributed by atoms with Gasteiger partial charge in [0.15, 0.2) is 5.78 Å². The summed E-state index contributed by atoms with van der Waals surface area (Å²) < 4.78 is 15.4. The predicted octanol–water partition coefficient (Wildman–Crippen LogP) is 5.52. The van der Waals surface area contributed by atoms with E-state index in [4.69, 9.17) is 14.2 Å². The lowest BCUT2D eigenvalue weighted by Crippen LogP contribution is -2.00. The van der Waals surface area contributed by atoms with Crippen LogP contribution in [0.4, 0.5) is 0 Å². The van der Waals surface area contributed by atoms with Crippen LogP contribution in [0.1, 0.15) is 32.1 Å². The van der Waals surface area contributed by atoms with Crippen LogP contribution >= 0.6 is 11.3 Å². The zero-order valence-corrected chi connectivity index (χ0v) is 18.9. The standard InChI is InChI=1S/C25H23NO5S/c1-29-19-7-4-15(23(13-19)30-2)6-9-22(27)24-12-18(14-32-24)16-5-8-20-17(10-16)11-21(26-20)25(28)31-3/h4-5,7-8,10-14,26H,6,9H2,1-3H3. The second-order valence-corrected chi connectivity index (χ2v) is 8.19. The maximum atomic E-state index is 12.8. The van der Waals surface area contributed by atoms with E-state index in [-0.39, 0.29) is 5.78 Å². The number of benzene rings is 2. The van der Waals surface area contributed by atoms with Gasteiger partial charge >= 0.3 is 5.97 Å². The first-order valence-corrected chi connectivity index (χ1v) is 10.9. The summed E-state index contributed by atoms with van der Waals surface area (Å²) in [6.45, 7) is 0. The Kier molecular flexibility index (Phi) is 6.28. The number of carbonyl (C=O) groups excluding carboxylic acids is 2. The summed E-state index contributed by atoms with van der Waals surface area (Å²) in [7, 11) is 4.58. The summed E-state index contributed by atoms with van der Waals surface area (Å²) in [6, 6.07) is 15.2. The Hall–Kier alpha value is -3.58. The SMILES string of the molecule is COC(=O)c1cc2cc(-c3csc(C(=O)CCc4ccc(OC)cc4OC)c3)ccc2[nH]1. The van der Waals surface area contributed by atoms with Crippen LogP contribution in [0.15, 0.2) is 53.9 Å². The van der Waals surface area contributed by atoms with Crippen molar-refractivity contribution < 1.29 is 23.8 Å². The van der Waals surface area contributed by atoms with Crippen LogP contribution < -0.4 is 9.47 Å². The number of aryl methyl sites for hydroxylation is 1. The van der Waals surface area contributed by atoms with E-state index in [1.807, 2.05) is 47.8 Å². The molecule has 7 heteroatoms. The summed E-state index contributed by atoms with van der Waals surface area (Å²) in [4.78, 5) is 28.3. The Balaban J connectivity index is 1.48. The van der Waals surface area contributed by atoms with Gasteiger partial charge in [0, 0.05) is 23.4 Å². The number of nitrogens with one attached hydrogen (secondary N) is 1. The number of thiophene rings is 1. The van der Waals surface area contributed by atoms with Crippen LogP contribution in [0.5, 0.6) is 11.5 Å². The zero-order chi connectivity index (χ0) is 22.7. The Bertz CT molecular complexity index is 1290. The van der Waals surface area contributed by atoms with Crippen molar-refractivity contribution in [1.29, 1.82) is 0 Å². The highest BCUT2D eigenvalue weighted by Gasteiger charge is 2.14. The number of Topliss-reactive ketones (excluding diaryl/α,β-unsaturated/α-hetero) is 1. The first-order valence-electron chi connectivity index (χ1n) is 10.1. The minimum Gasteiger partial charge on any atom is -0.497 e. The third-order valence-electron chi connectivity index (χ3n) is 5.35. The third-order valence-corrected chi connectivity index (χ3v) is 6.32. The van der Waals surface area contributed by atoms with Crippen LogP contribution in [-0.4, -0.2) is 38.1 Å². The molecule has 0 aliphatic rings. The number of carbonyl (C=O) groups is 2. The van der Waals surface area contributed by atoms with E-state index in [9.17, 15) is 9.59 Å². The number of hydrogen-bond donors (Lipinski definition) is 1. The topological polar surface area (TPSA) is 77.6 Å². The minimum absolute atomic E-state index is 0.0924. The first kappa shape index (κ1) is 21.6. The number of methoxy groups -OCH3 is 3. The van der Waals surface area contributed by atoms with E-state index in [2.05, 4.69) is 4.98 Å². The molecule has 4 aromatic rings. The molecular weight excluding hydrogens is 426 g/mol. The number of ketones is 1. The van der Waals surface area contributed by atoms with E-state index in [1.54, 1.807) is 20.3 Å². The van der Waals surface area contributed by atoms with E-state index >= 15 is 0 Å². The van der Waals surface area contributed by atoms with Gasteiger partial charge in [0.1, 0.15) is 17.2 Å². The van der Waals surface area contributed by atoms with Crippen molar-refractivity contribution in [2.75, 3.05) is 21.3 Å². The second kappa shape index (κ2) is 9.28. The zero-order valence-electron chi connectivity index (χ0n) is 18.1. The number of ether oxygens (including phenoxy) is 3. The van der Waals surface area contributed by atoms with Crippen molar-refractivity contribution in [3.8, 4) is 22.6 Å². The molecule has 0 fully saturated rings. The maximum absolute atomic E-state index is 12.8. The van der Waals surface area contributed by atoms with Crippen molar-refractivity contribution in [3.63, 3.8) is 0 Å². The molecule has 0 radical (unpaired) electrons. The molecule has 0 unspecified atom stereocenters. The number of H-pyrrole nitrogens is 1. The molecule has 6 nitrogen and oxygen atoms in total. The Labute approximate surface area is 189 Å². The fourth-order valence-corrected chi connectivity index (χ4v) is 4.48. The van der Waals surface area contributed by atoms with Crippen molar-refractivity contribution in [1.82, 2.24) is 4.98 Å². The van der Waals surface area contributed by atoms with E-state index < -0.39 is 5.97 Å². The average molecular weight is 450 g/mol. The van der Waals surface area contributed by atoms with E-state index in [1.165, 1.54) is 18.4 Å².